The number of halogens is 1. The largest absolute Gasteiger partial charge is 0.478 e. The van der Waals surface area contributed by atoms with Crippen LogP contribution >= 0.6 is 15.9 Å². The molecule has 28 heavy (non-hydrogen) atoms. The Morgan fingerprint density at radius 1 is 1.07 bits per heavy atom. The third-order valence-corrected chi connectivity index (χ3v) is 4.26. The summed E-state index contributed by atoms with van der Waals surface area (Å²) in [5.41, 5.74) is 3.83. The Balaban J connectivity index is 1.56. The zero-order chi connectivity index (χ0) is 19.9. The molecule has 8 heteroatoms. The summed E-state index contributed by atoms with van der Waals surface area (Å²) in [5.74, 6) is -0.561. The number of aromatic carboxylic acids is 1. The van der Waals surface area contributed by atoms with E-state index in [0.717, 1.165) is 10.2 Å². The minimum Gasteiger partial charge on any atom is -0.478 e. The molecule has 7 nitrogen and oxygen atoms in total. The molecule has 0 aliphatic carbocycles. The number of furan rings is 1. The number of carboxylic acid groups (broad SMARTS) is 1. The van der Waals surface area contributed by atoms with Gasteiger partial charge in [-0.1, -0.05) is 34.1 Å². The lowest BCUT2D eigenvalue weighted by atomic mass is 10.1. The molecule has 142 valence electrons. The molecule has 3 rings (SSSR count). The summed E-state index contributed by atoms with van der Waals surface area (Å²) in [6.45, 7) is 0.0639. The number of hydrazone groups is 1. The third-order valence-electron chi connectivity index (χ3n) is 3.73. The molecule has 0 saturated heterocycles. The van der Waals surface area contributed by atoms with Crippen molar-refractivity contribution in [1.29, 1.82) is 0 Å². The van der Waals surface area contributed by atoms with Gasteiger partial charge in [-0.2, -0.15) is 5.10 Å². The maximum Gasteiger partial charge on any atom is 0.336 e. The van der Waals surface area contributed by atoms with E-state index in [2.05, 4.69) is 31.8 Å². The smallest absolute Gasteiger partial charge is 0.336 e. The van der Waals surface area contributed by atoms with Gasteiger partial charge in [0.05, 0.1) is 18.3 Å². The van der Waals surface area contributed by atoms with Crippen LogP contribution in [0.25, 0.3) is 11.3 Å². The Labute approximate surface area is 169 Å². The van der Waals surface area contributed by atoms with Gasteiger partial charge in [-0.3, -0.25) is 4.79 Å². The van der Waals surface area contributed by atoms with E-state index in [0.29, 0.717) is 17.1 Å². The highest BCUT2D eigenvalue weighted by Crippen LogP contribution is 2.25. The topological polar surface area (TPSA) is 104 Å². The Bertz CT molecular complexity index is 1010. The van der Waals surface area contributed by atoms with Crippen molar-refractivity contribution in [2.75, 3.05) is 11.9 Å². The van der Waals surface area contributed by atoms with Crippen LogP contribution in [0.5, 0.6) is 0 Å². The van der Waals surface area contributed by atoms with Crippen LogP contribution in [-0.4, -0.2) is 29.7 Å². The molecule has 0 aliphatic rings. The van der Waals surface area contributed by atoms with Crippen LogP contribution in [0.1, 0.15) is 16.1 Å². The molecule has 0 saturated carbocycles. The normalized spacial score (nSPS) is 10.8. The van der Waals surface area contributed by atoms with E-state index in [1.165, 1.54) is 12.3 Å². The number of anilines is 1. The fraction of sp³-hybridized carbons (Fsp3) is 0.0500. The molecule has 1 aromatic heterocycles. The minimum atomic E-state index is -1.03. The third kappa shape index (κ3) is 5.08. The van der Waals surface area contributed by atoms with Crippen molar-refractivity contribution in [2.24, 2.45) is 5.10 Å². The number of rotatable bonds is 7. The summed E-state index contributed by atoms with van der Waals surface area (Å²) < 4.78 is 6.55. The molecule has 3 N–H and O–H groups in total. The summed E-state index contributed by atoms with van der Waals surface area (Å²) in [7, 11) is 0. The maximum atomic E-state index is 11.8. The Morgan fingerprint density at radius 2 is 1.82 bits per heavy atom. The summed E-state index contributed by atoms with van der Waals surface area (Å²) in [6.07, 6.45) is 1.35. The molecular formula is C20H16BrN3O4. The van der Waals surface area contributed by atoms with Crippen molar-refractivity contribution in [1.82, 2.24) is 5.43 Å². The van der Waals surface area contributed by atoms with E-state index in [1.54, 1.807) is 30.3 Å². The molecule has 0 unspecified atom stereocenters. The number of carbonyl (C=O) groups is 2. The van der Waals surface area contributed by atoms with E-state index in [4.69, 9.17) is 4.42 Å². The second-order valence-corrected chi connectivity index (χ2v) is 6.62. The predicted molar refractivity (Wildman–Crippen MR) is 109 cm³/mol. The second-order valence-electron chi connectivity index (χ2n) is 5.71. The van der Waals surface area contributed by atoms with Gasteiger partial charge in [0.25, 0.3) is 5.91 Å². The fourth-order valence-electron chi connectivity index (χ4n) is 2.41. The summed E-state index contributed by atoms with van der Waals surface area (Å²) >= 11 is 3.35. The van der Waals surface area contributed by atoms with Crippen LogP contribution < -0.4 is 10.7 Å². The zero-order valence-electron chi connectivity index (χ0n) is 14.6. The minimum absolute atomic E-state index is 0.0639. The number of amides is 1. The van der Waals surface area contributed by atoms with Crippen molar-refractivity contribution < 1.29 is 19.1 Å². The van der Waals surface area contributed by atoms with Crippen LogP contribution in [0.3, 0.4) is 0 Å². The Morgan fingerprint density at radius 3 is 2.57 bits per heavy atom. The molecule has 0 atom stereocenters. The van der Waals surface area contributed by atoms with E-state index in [1.807, 2.05) is 24.3 Å². The average molecular weight is 442 g/mol. The number of hydrogen-bond donors (Lipinski definition) is 3. The maximum absolute atomic E-state index is 11.8. The van der Waals surface area contributed by atoms with Crippen LogP contribution in [0.15, 0.2) is 74.7 Å². The molecule has 0 bridgehead atoms. The van der Waals surface area contributed by atoms with Gasteiger partial charge in [-0.25, -0.2) is 10.2 Å². The van der Waals surface area contributed by atoms with Crippen molar-refractivity contribution >= 4 is 39.7 Å². The van der Waals surface area contributed by atoms with Gasteiger partial charge in [0.15, 0.2) is 0 Å². The molecule has 0 radical (unpaired) electrons. The van der Waals surface area contributed by atoms with Crippen molar-refractivity contribution in [3.63, 3.8) is 0 Å². The average Bonchev–Trinajstić information content (AvgIpc) is 3.16. The van der Waals surface area contributed by atoms with Gasteiger partial charge >= 0.3 is 5.97 Å². The highest BCUT2D eigenvalue weighted by molar-refractivity contribution is 9.10. The van der Waals surface area contributed by atoms with Gasteiger partial charge in [0.1, 0.15) is 11.5 Å². The second kappa shape index (κ2) is 9.01. The van der Waals surface area contributed by atoms with Gasteiger partial charge in [0.2, 0.25) is 0 Å². The molecule has 0 spiro atoms. The van der Waals surface area contributed by atoms with Crippen molar-refractivity contribution in [3.05, 3.63) is 76.5 Å². The molecule has 1 amide bonds. The quantitative estimate of drug-likeness (QED) is 0.380. The first-order chi connectivity index (χ1) is 13.5. The van der Waals surface area contributed by atoms with Gasteiger partial charge < -0.3 is 14.8 Å². The summed E-state index contributed by atoms with van der Waals surface area (Å²) in [4.78, 5) is 23.1. The molecule has 0 aliphatic heterocycles. The number of nitrogens with one attached hydrogen (secondary N) is 2. The predicted octanol–water partition coefficient (Wildman–Crippen LogP) is 3.97. The standard InChI is InChI=1S/C20H16BrN3O4/c21-13-5-7-14(8-6-13)22-12-19(25)24-23-11-15-9-10-18(28-15)16-3-1-2-4-17(16)20(26)27/h1-11,22H,12H2,(H,24,25)(H,26,27)/b23-11-. The van der Waals surface area contributed by atoms with Crippen LogP contribution in [0, 0.1) is 0 Å². The molecule has 1 heterocycles. The first kappa shape index (κ1) is 19.4. The number of nitrogens with zero attached hydrogens (tertiary/aromatic N) is 1. The molecule has 0 fully saturated rings. The Kier molecular flexibility index (Phi) is 6.23. The lowest BCUT2D eigenvalue weighted by Gasteiger charge is -2.04. The van der Waals surface area contributed by atoms with Gasteiger partial charge in [-0.05, 0) is 42.5 Å². The first-order valence-corrected chi connectivity index (χ1v) is 9.06. The first-order valence-electron chi connectivity index (χ1n) is 8.27. The van der Waals surface area contributed by atoms with E-state index in [-0.39, 0.29) is 18.0 Å². The van der Waals surface area contributed by atoms with E-state index >= 15 is 0 Å². The van der Waals surface area contributed by atoms with Crippen LogP contribution in [0.4, 0.5) is 5.69 Å². The summed E-state index contributed by atoms with van der Waals surface area (Å²) in [6, 6.07) is 17.3. The van der Waals surface area contributed by atoms with E-state index < -0.39 is 5.97 Å². The monoisotopic (exact) mass is 441 g/mol. The lowest BCUT2D eigenvalue weighted by molar-refractivity contribution is -0.119. The van der Waals surface area contributed by atoms with Crippen molar-refractivity contribution in [3.8, 4) is 11.3 Å². The van der Waals surface area contributed by atoms with E-state index in [9.17, 15) is 14.7 Å². The molecule has 2 aromatic carbocycles. The Hall–Kier alpha value is -3.39. The van der Waals surface area contributed by atoms with Crippen LogP contribution in [0.2, 0.25) is 0 Å². The van der Waals surface area contributed by atoms with Crippen molar-refractivity contribution in [2.45, 2.75) is 0 Å². The van der Waals surface area contributed by atoms with Gasteiger partial charge in [-0.15, -0.1) is 0 Å². The SMILES string of the molecule is O=C(CNc1ccc(Br)cc1)N/N=C\c1ccc(-c2ccccc2C(=O)O)o1. The summed E-state index contributed by atoms with van der Waals surface area (Å²) in [5, 5.41) is 16.1. The highest BCUT2D eigenvalue weighted by Gasteiger charge is 2.13. The number of benzene rings is 2. The number of carbonyl (C=O) groups excluding carboxylic acids is 1. The lowest BCUT2D eigenvalue weighted by Crippen LogP contribution is -2.25. The fourth-order valence-corrected chi connectivity index (χ4v) is 2.67. The van der Waals surface area contributed by atoms with Crippen LogP contribution in [-0.2, 0) is 4.79 Å². The molecule has 3 aromatic rings. The highest BCUT2D eigenvalue weighted by atomic mass is 79.9. The number of carboxylic acids is 1. The zero-order valence-corrected chi connectivity index (χ0v) is 16.1. The number of hydrogen-bond acceptors (Lipinski definition) is 5. The molecular weight excluding hydrogens is 426 g/mol. The van der Waals surface area contributed by atoms with Gasteiger partial charge in [0, 0.05) is 15.7 Å².